The van der Waals surface area contributed by atoms with E-state index < -0.39 is 11.9 Å². The van der Waals surface area contributed by atoms with E-state index in [-0.39, 0.29) is 0 Å². The monoisotopic (exact) mass is 302 g/mol. The van der Waals surface area contributed by atoms with Crippen LogP contribution in [0, 0.1) is 6.92 Å². The van der Waals surface area contributed by atoms with Crippen LogP contribution >= 0.6 is 11.3 Å². The zero-order valence-corrected chi connectivity index (χ0v) is 13.0. The quantitative estimate of drug-likeness (QED) is 0.938. The van der Waals surface area contributed by atoms with E-state index in [4.69, 9.17) is 0 Å². The molecule has 0 radical (unpaired) electrons. The lowest BCUT2D eigenvalue weighted by molar-refractivity contribution is -0.139. The highest BCUT2D eigenvalue weighted by Gasteiger charge is 2.30. The van der Waals surface area contributed by atoms with Crippen molar-refractivity contribution >= 4 is 28.1 Å². The Morgan fingerprint density at radius 1 is 1.43 bits per heavy atom. The van der Waals surface area contributed by atoms with Crippen molar-refractivity contribution in [1.82, 2.24) is 4.98 Å². The van der Waals surface area contributed by atoms with E-state index in [0.29, 0.717) is 6.42 Å². The molecule has 0 bridgehead atoms. The zero-order chi connectivity index (χ0) is 15.0. The molecule has 0 saturated carbocycles. The fraction of sp³-hybridized carbons (Fsp3) is 0.375. The minimum atomic E-state index is -0.758. The third-order valence-corrected chi connectivity index (χ3v) is 5.21. The topological polar surface area (TPSA) is 53.4 Å². The number of benzene rings is 1. The molecule has 2 aromatic rings. The van der Waals surface area contributed by atoms with Crippen LogP contribution in [0.15, 0.2) is 24.3 Å². The van der Waals surface area contributed by atoms with Gasteiger partial charge in [0.1, 0.15) is 5.92 Å². The van der Waals surface area contributed by atoms with Crippen LogP contribution in [0.5, 0.6) is 0 Å². The summed E-state index contributed by atoms with van der Waals surface area (Å²) < 4.78 is 0. The summed E-state index contributed by atoms with van der Waals surface area (Å²) in [5.41, 5.74) is 3.06. The molecule has 3 rings (SSSR count). The van der Waals surface area contributed by atoms with Gasteiger partial charge in [0.05, 0.1) is 5.69 Å². The van der Waals surface area contributed by atoms with E-state index in [1.54, 1.807) is 11.3 Å². The van der Waals surface area contributed by atoms with Crippen LogP contribution in [0.3, 0.4) is 0 Å². The van der Waals surface area contributed by atoms with Crippen LogP contribution in [0.4, 0.5) is 10.8 Å². The molecule has 0 amide bonds. The largest absolute Gasteiger partial charge is 0.481 e. The van der Waals surface area contributed by atoms with Gasteiger partial charge in [0.15, 0.2) is 5.13 Å². The normalized spacial score (nSPS) is 17.3. The summed E-state index contributed by atoms with van der Waals surface area (Å²) in [4.78, 5) is 19.2. The molecule has 0 spiro atoms. The molecule has 1 N–H and O–H groups in total. The van der Waals surface area contributed by atoms with Crippen LogP contribution in [0.1, 0.15) is 34.9 Å². The molecule has 1 aliphatic carbocycles. The number of para-hydroxylation sites is 1. The highest BCUT2D eigenvalue weighted by molar-refractivity contribution is 7.15. The molecule has 1 aliphatic rings. The number of anilines is 2. The first-order valence-electron chi connectivity index (χ1n) is 7.09. The smallest absolute Gasteiger partial charge is 0.312 e. The second kappa shape index (κ2) is 5.48. The summed E-state index contributed by atoms with van der Waals surface area (Å²) in [5, 5.41) is 10.2. The molecule has 1 unspecified atom stereocenters. The number of aryl methyl sites for hydroxylation is 2. The van der Waals surface area contributed by atoms with Crippen molar-refractivity contribution < 1.29 is 9.90 Å². The van der Waals surface area contributed by atoms with Crippen molar-refractivity contribution in [3.05, 3.63) is 40.4 Å². The molecule has 110 valence electrons. The Morgan fingerprint density at radius 2 is 2.19 bits per heavy atom. The predicted octanol–water partition coefficient (Wildman–Crippen LogP) is 3.72. The van der Waals surface area contributed by atoms with Gasteiger partial charge in [-0.15, -0.1) is 11.3 Å². The van der Waals surface area contributed by atoms with Crippen molar-refractivity contribution in [3.63, 3.8) is 0 Å². The lowest BCUT2D eigenvalue weighted by Gasteiger charge is -2.18. The van der Waals surface area contributed by atoms with E-state index in [2.05, 4.69) is 28.9 Å². The van der Waals surface area contributed by atoms with Crippen LogP contribution in [-0.2, 0) is 11.2 Å². The molecule has 0 saturated heterocycles. The summed E-state index contributed by atoms with van der Waals surface area (Å²) in [6.45, 7) is 2.07. The predicted molar refractivity (Wildman–Crippen MR) is 84.7 cm³/mol. The number of aromatic nitrogens is 1. The summed E-state index contributed by atoms with van der Waals surface area (Å²) in [5.74, 6) is -1.20. The zero-order valence-electron chi connectivity index (χ0n) is 12.2. The number of carboxylic acid groups (broad SMARTS) is 1. The third kappa shape index (κ3) is 2.53. The number of fused-ring (bicyclic) bond motifs is 1. The Kier molecular flexibility index (Phi) is 3.68. The average molecular weight is 302 g/mol. The lowest BCUT2D eigenvalue weighted by atomic mass is 9.91. The van der Waals surface area contributed by atoms with Crippen LogP contribution in [0.2, 0.25) is 0 Å². The second-order valence-corrected chi connectivity index (χ2v) is 6.50. The Hall–Kier alpha value is -1.88. The summed E-state index contributed by atoms with van der Waals surface area (Å²) in [6.07, 6.45) is 2.57. The maximum atomic E-state index is 11.4. The SMILES string of the molecule is Cc1ccccc1N(C)c1nc2c(s1)CCCC2C(=O)O. The minimum absolute atomic E-state index is 0.441. The first-order valence-corrected chi connectivity index (χ1v) is 7.91. The first-order chi connectivity index (χ1) is 10.1. The van der Waals surface area contributed by atoms with Gasteiger partial charge in [0.2, 0.25) is 0 Å². The van der Waals surface area contributed by atoms with Crippen LogP contribution < -0.4 is 4.90 Å². The van der Waals surface area contributed by atoms with E-state index in [0.717, 1.165) is 34.2 Å². The van der Waals surface area contributed by atoms with E-state index in [1.807, 2.05) is 19.2 Å². The lowest BCUT2D eigenvalue weighted by Crippen LogP contribution is -2.17. The van der Waals surface area contributed by atoms with Gasteiger partial charge in [-0.25, -0.2) is 4.98 Å². The number of hydrogen-bond donors (Lipinski definition) is 1. The van der Waals surface area contributed by atoms with Crippen LogP contribution in [-0.4, -0.2) is 23.1 Å². The van der Waals surface area contributed by atoms with E-state index >= 15 is 0 Å². The van der Waals surface area contributed by atoms with Gasteiger partial charge in [0, 0.05) is 17.6 Å². The third-order valence-electron chi connectivity index (χ3n) is 4.00. The van der Waals surface area contributed by atoms with Gasteiger partial charge in [-0.1, -0.05) is 18.2 Å². The Morgan fingerprint density at radius 3 is 2.90 bits per heavy atom. The first kappa shape index (κ1) is 14.1. The fourth-order valence-corrected chi connectivity index (χ4v) is 3.97. The number of carboxylic acids is 1. The number of carbonyl (C=O) groups is 1. The molecule has 21 heavy (non-hydrogen) atoms. The van der Waals surface area contributed by atoms with E-state index in [1.165, 1.54) is 5.56 Å². The van der Waals surface area contributed by atoms with Crippen LogP contribution in [0.25, 0.3) is 0 Å². The van der Waals surface area contributed by atoms with Crippen molar-refractivity contribution in [1.29, 1.82) is 0 Å². The maximum Gasteiger partial charge on any atom is 0.312 e. The van der Waals surface area contributed by atoms with Gasteiger partial charge in [-0.05, 0) is 37.8 Å². The van der Waals surface area contributed by atoms with Gasteiger partial charge in [0.25, 0.3) is 0 Å². The highest BCUT2D eigenvalue weighted by atomic mass is 32.1. The van der Waals surface area contributed by atoms with Crippen molar-refractivity contribution in [3.8, 4) is 0 Å². The average Bonchev–Trinajstić information content (AvgIpc) is 2.90. The van der Waals surface area contributed by atoms with Crippen molar-refractivity contribution in [2.75, 3.05) is 11.9 Å². The van der Waals surface area contributed by atoms with Gasteiger partial charge < -0.3 is 10.0 Å². The number of rotatable bonds is 3. The molecular weight excluding hydrogens is 284 g/mol. The Bertz CT molecular complexity index is 681. The van der Waals surface area contributed by atoms with Crippen molar-refractivity contribution in [2.24, 2.45) is 0 Å². The maximum absolute atomic E-state index is 11.4. The molecule has 4 nitrogen and oxygen atoms in total. The molecule has 0 fully saturated rings. The number of thiazole rings is 1. The number of aliphatic carboxylic acids is 1. The second-order valence-electron chi connectivity index (χ2n) is 5.43. The molecule has 5 heteroatoms. The van der Waals surface area contributed by atoms with Gasteiger partial charge >= 0.3 is 5.97 Å². The Labute approximate surface area is 128 Å². The standard InChI is InChI=1S/C16H18N2O2S/c1-10-6-3-4-8-12(10)18(2)16-17-14-11(15(19)20)7-5-9-13(14)21-16/h3-4,6,8,11H,5,7,9H2,1-2H3,(H,19,20). The molecule has 1 atom stereocenters. The summed E-state index contributed by atoms with van der Waals surface area (Å²) >= 11 is 1.62. The molecular formula is C16H18N2O2S. The number of hydrogen-bond acceptors (Lipinski definition) is 4. The fourth-order valence-electron chi connectivity index (χ4n) is 2.83. The molecule has 1 aromatic heterocycles. The van der Waals surface area contributed by atoms with Gasteiger partial charge in [-0.2, -0.15) is 0 Å². The summed E-state index contributed by atoms with van der Waals surface area (Å²) in [7, 11) is 1.99. The molecule has 1 heterocycles. The van der Waals surface area contributed by atoms with E-state index in [9.17, 15) is 9.90 Å². The molecule has 1 aromatic carbocycles. The highest BCUT2D eigenvalue weighted by Crippen LogP contribution is 2.39. The molecule has 0 aliphatic heterocycles. The Balaban J connectivity index is 1.98. The number of nitrogens with zero attached hydrogens (tertiary/aromatic N) is 2. The van der Waals surface area contributed by atoms with Crippen molar-refractivity contribution in [2.45, 2.75) is 32.1 Å². The minimum Gasteiger partial charge on any atom is -0.481 e. The van der Waals surface area contributed by atoms with Gasteiger partial charge in [-0.3, -0.25) is 4.79 Å². The summed E-state index contributed by atoms with van der Waals surface area (Å²) in [6, 6.07) is 8.15.